The van der Waals surface area contributed by atoms with Crippen molar-refractivity contribution in [2.45, 2.75) is 25.8 Å². The molecule has 0 aromatic heterocycles. The van der Waals surface area contributed by atoms with Crippen molar-refractivity contribution in [1.82, 2.24) is 0 Å². The molecule has 0 spiro atoms. The molecule has 1 aromatic carbocycles. The summed E-state index contributed by atoms with van der Waals surface area (Å²) >= 11 is 0. The molecule has 0 aliphatic carbocycles. The second-order valence-electron chi connectivity index (χ2n) is 5.15. The lowest BCUT2D eigenvalue weighted by Gasteiger charge is -2.27. The molecule has 0 bridgehead atoms. The van der Waals surface area contributed by atoms with Crippen LogP contribution in [0.5, 0.6) is 0 Å². The Hall–Kier alpha value is -2.55. The lowest BCUT2D eigenvalue weighted by molar-refractivity contribution is -0.394. The molecule has 0 saturated heterocycles. The van der Waals surface area contributed by atoms with Crippen LogP contribution in [0.1, 0.15) is 25.8 Å². The molecule has 1 rings (SSSR count). The number of carbonyl (C=O) groups excluding carboxylic acids is 1. The number of hydrogen-bond donors (Lipinski definition) is 2. The van der Waals surface area contributed by atoms with Crippen LogP contribution in [-0.2, 0) is 10.3 Å². The van der Waals surface area contributed by atoms with Crippen LogP contribution < -0.4 is 11.5 Å². The van der Waals surface area contributed by atoms with E-state index in [1.807, 2.05) is 0 Å². The summed E-state index contributed by atoms with van der Waals surface area (Å²) in [7, 11) is 0. The van der Waals surface area contributed by atoms with Gasteiger partial charge in [-0.3, -0.25) is 25.0 Å². The van der Waals surface area contributed by atoms with E-state index in [0.717, 1.165) is 18.2 Å². The van der Waals surface area contributed by atoms with Gasteiger partial charge >= 0.3 is 0 Å². The van der Waals surface area contributed by atoms with E-state index in [1.54, 1.807) is 13.8 Å². The number of nitrogens with zero attached hydrogens (tertiary/aromatic N) is 2. The fourth-order valence-corrected chi connectivity index (χ4v) is 2.15. The summed E-state index contributed by atoms with van der Waals surface area (Å²) in [5, 5.41) is 21.8. The van der Waals surface area contributed by atoms with Gasteiger partial charge in [0.15, 0.2) is 0 Å². The molecule has 0 saturated carbocycles. The third-order valence-corrected chi connectivity index (χ3v) is 3.04. The lowest BCUT2D eigenvalue weighted by atomic mass is 9.81. The Kier molecular flexibility index (Phi) is 4.58. The summed E-state index contributed by atoms with van der Waals surface area (Å²) in [4.78, 5) is 32.0. The summed E-state index contributed by atoms with van der Waals surface area (Å²) in [5.74, 6) is -0.981. The molecule has 0 aliphatic heterocycles. The van der Waals surface area contributed by atoms with Crippen LogP contribution in [-0.4, -0.2) is 15.8 Å². The van der Waals surface area contributed by atoms with Crippen molar-refractivity contribution in [3.63, 3.8) is 0 Å². The van der Waals surface area contributed by atoms with Gasteiger partial charge in [0.25, 0.3) is 11.4 Å². The molecule has 0 radical (unpaired) electrons. The average molecular weight is 296 g/mol. The second-order valence-corrected chi connectivity index (χ2v) is 5.15. The first-order valence-corrected chi connectivity index (χ1v) is 6.11. The Morgan fingerprint density at radius 1 is 1.29 bits per heavy atom. The molecule has 21 heavy (non-hydrogen) atoms. The summed E-state index contributed by atoms with van der Waals surface area (Å²) in [5.41, 5.74) is 8.34. The molecule has 114 valence electrons. The van der Waals surface area contributed by atoms with Crippen LogP contribution in [0.3, 0.4) is 0 Å². The van der Waals surface area contributed by atoms with Gasteiger partial charge in [0.1, 0.15) is 5.54 Å². The molecule has 4 N–H and O–H groups in total. The number of nitrogens with two attached hydrogens (primary N) is 2. The highest BCUT2D eigenvalue weighted by atomic mass is 16.6. The Morgan fingerprint density at radius 2 is 1.86 bits per heavy atom. The monoisotopic (exact) mass is 296 g/mol. The van der Waals surface area contributed by atoms with E-state index in [4.69, 9.17) is 11.5 Å². The van der Waals surface area contributed by atoms with Gasteiger partial charge in [0.2, 0.25) is 5.91 Å². The van der Waals surface area contributed by atoms with Gasteiger partial charge in [-0.15, -0.1) is 0 Å². The lowest BCUT2D eigenvalue weighted by Crippen LogP contribution is -2.50. The van der Waals surface area contributed by atoms with Gasteiger partial charge < -0.3 is 11.5 Å². The highest BCUT2D eigenvalue weighted by Gasteiger charge is 2.40. The normalized spacial score (nSPS) is 13.7. The van der Waals surface area contributed by atoms with Crippen molar-refractivity contribution in [3.05, 3.63) is 44.0 Å². The fourth-order valence-electron chi connectivity index (χ4n) is 2.15. The molecule has 9 heteroatoms. The Balaban J connectivity index is 3.55. The largest absolute Gasteiger partial charge is 0.368 e. The highest BCUT2D eigenvalue weighted by molar-refractivity contribution is 5.87. The minimum Gasteiger partial charge on any atom is -0.368 e. The third-order valence-electron chi connectivity index (χ3n) is 3.04. The Bertz CT molecular complexity index is 601. The molecule has 0 heterocycles. The maximum absolute atomic E-state index is 11.7. The van der Waals surface area contributed by atoms with Crippen molar-refractivity contribution in [2.75, 3.05) is 0 Å². The van der Waals surface area contributed by atoms with Gasteiger partial charge in [-0.05, 0) is 18.4 Å². The molecular weight excluding hydrogens is 280 g/mol. The first kappa shape index (κ1) is 16.5. The van der Waals surface area contributed by atoms with E-state index in [1.165, 1.54) is 0 Å². The first-order chi connectivity index (χ1) is 9.59. The van der Waals surface area contributed by atoms with Gasteiger partial charge in [0.05, 0.1) is 21.5 Å². The van der Waals surface area contributed by atoms with E-state index in [0.29, 0.717) is 0 Å². The topological polar surface area (TPSA) is 155 Å². The van der Waals surface area contributed by atoms with Crippen LogP contribution in [0.2, 0.25) is 0 Å². The molecular formula is C12H16N4O5. The molecule has 1 amide bonds. The number of non-ortho nitro benzene ring substituents is 1. The summed E-state index contributed by atoms with van der Waals surface area (Å²) in [6, 6.07) is 2.96. The number of rotatable bonds is 6. The number of nitro groups is 2. The third kappa shape index (κ3) is 3.31. The van der Waals surface area contributed by atoms with Gasteiger partial charge in [-0.1, -0.05) is 13.8 Å². The predicted molar refractivity (Wildman–Crippen MR) is 74.3 cm³/mol. The molecule has 1 atom stereocenters. The zero-order valence-corrected chi connectivity index (χ0v) is 11.6. The number of carbonyl (C=O) groups is 1. The number of hydrogen-bond acceptors (Lipinski definition) is 6. The Labute approximate surface area is 120 Å². The average Bonchev–Trinajstić information content (AvgIpc) is 2.36. The van der Waals surface area contributed by atoms with Crippen molar-refractivity contribution < 1.29 is 14.6 Å². The van der Waals surface area contributed by atoms with Crippen molar-refractivity contribution in [2.24, 2.45) is 17.4 Å². The highest BCUT2D eigenvalue weighted by Crippen LogP contribution is 2.35. The van der Waals surface area contributed by atoms with Crippen molar-refractivity contribution in [3.8, 4) is 0 Å². The van der Waals surface area contributed by atoms with Crippen LogP contribution in [0, 0.1) is 26.1 Å². The zero-order valence-electron chi connectivity index (χ0n) is 11.6. The number of amides is 1. The van der Waals surface area contributed by atoms with Gasteiger partial charge in [-0.2, -0.15) is 0 Å². The van der Waals surface area contributed by atoms with Crippen LogP contribution in [0.4, 0.5) is 11.4 Å². The summed E-state index contributed by atoms with van der Waals surface area (Å²) in [6.07, 6.45) is 0.0843. The van der Waals surface area contributed by atoms with Crippen LogP contribution in [0.25, 0.3) is 0 Å². The van der Waals surface area contributed by atoms with E-state index >= 15 is 0 Å². The quantitative estimate of drug-likeness (QED) is 0.593. The fraction of sp³-hybridized carbons (Fsp3) is 0.417. The van der Waals surface area contributed by atoms with E-state index in [9.17, 15) is 25.0 Å². The maximum atomic E-state index is 11.7. The van der Waals surface area contributed by atoms with Crippen LogP contribution in [0.15, 0.2) is 18.2 Å². The number of benzene rings is 1. The SMILES string of the molecule is CC(C)C[C@@](N)(C(N)=O)c1ccc([N+](=O)[O-])cc1[N+](=O)[O-]. The molecule has 0 fully saturated rings. The minimum absolute atomic E-state index is 0.0581. The summed E-state index contributed by atoms with van der Waals surface area (Å²) < 4.78 is 0. The second kappa shape index (κ2) is 5.83. The van der Waals surface area contributed by atoms with Crippen LogP contribution >= 0.6 is 0 Å². The standard InChI is InChI=1S/C12H16N4O5/c1-7(2)6-12(14,11(13)17)9-4-3-8(15(18)19)5-10(9)16(20)21/h3-5,7H,6,14H2,1-2H3,(H2,13,17)/t12-/m0/s1. The number of nitro benzene ring substituents is 2. The smallest absolute Gasteiger partial charge is 0.281 e. The number of primary amides is 1. The van der Waals surface area contributed by atoms with E-state index < -0.39 is 32.7 Å². The summed E-state index contributed by atoms with van der Waals surface area (Å²) in [6.45, 7) is 3.56. The zero-order chi connectivity index (χ0) is 16.4. The Morgan fingerprint density at radius 3 is 2.24 bits per heavy atom. The molecule has 0 aliphatic rings. The van der Waals surface area contributed by atoms with Crippen molar-refractivity contribution >= 4 is 17.3 Å². The van der Waals surface area contributed by atoms with Crippen molar-refractivity contribution in [1.29, 1.82) is 0 Å². The van der Waals surface area contributed by atoms with Gasteiger partial charge in [-0.25, -0.2) is 0 Å². The predicted octanol–water partition coefficient (Wildman–Crippen LogP) is 1.19. The maximum Gasteiger partial charge on any atom is 0.281 e. The molecule has 1 aromatic rings. The van der Waals surface area contributed by atoms with E-state index in [-0.39, 0.29) is 17.9 Å². The molecule has 0 unspecified atom stereocenters. The van der Waals surface area contributed by atoms with E-state index in [2.05, 4.69) is 0 Å². The van der Waals surface area contributed by atoms with Gasteiger partial charge in [0, 0.05) is 6.07 Å². The minimum atomic E-state index is -1.76. The molecule has 9 nitrogen and oxygen atoms in total. The first-order valence-electron chi connectivity index (χ1n) is 6.11.